The van der Waals surface area contributed by atoms with Crippen LogP contribution in [0.5, 0.6) is 0 Å². The van der Waals surface area contributed by atoms with E-state index in [1.165, 1.54) is 31.6 Å². The second-order valence-electron chi connectivity index (χ2n) is 3.82. The van der Waals surface area contributed by atoms with E-state index < -0.39 is 5.97 Å². The zero-order valence-electron chi connectivity index (χ0n) is 9.59. The fourth-order valence-electron chi connectivity index (χ4n) is 1.66. The van der Waals surface area contributed by atoms with Gasteiger partial charge < -0.3 is 5.11 Å². The van der Waals surface area contributed by atoms with Crippen molar-refractivity contribution in [1.82, 2.24) is 9.88 Å². The summed E-state index contributed by atoms with van der Waals surface area (Å²) in [5, 5.41) is 7.42. The summed E-state index contributed by atoms with van der Waals surface area (Å²) in [6, 6.07) is 6.12. The molecule has 1 aromatic rings. The molecule has 4 heteroatoms. The van der Waals surface area contributed by atoms with E-state index in [0.717, 1.165) is 13.5 Å². The summed E-state index contributed by atoms with van der Waals surface area (Å²) in [6.07, 6.45) is 4.57. The van der Waals surface area contributed by atoms with E-state index in [-0.39, 0.29) is 0 Å². The summed E-state index contributed by atoms with van der Waals surface area (Å²) >= 11 is 0. The molecule has 0 bridgehead atoms. The minimum atomic E-state index is -0.833. The first-order valence-corrected chi connectivity index (χ1v) is 5.50. The van der Waals surface area contributed by atoms with Crippen molar-refractivity contribution in [2.45, 2.75) is 26.3 Å². The molecular weight excluding hydrogens is 204 g/mol. The molecule has 2 heterocycles. The maximum Gasteiger partial charge on any atom is 0.300 e. The molecule has 0 saturated carbocycles. The molecule has 1 N–H and O–H groups in total. The lowest BCUT2D eigenvalue weighted by atomic mass is 10.3. The Labute approximate surface area is 95.9 Å². The van der Waals surface area contributed by atoms with Gasteiger partial charge in [0.2, 0.25) is 0 Å². The van der Waals surface area contributed by atoms with Gasteiger partial charge >= 0.3 is 0 Å². The number of hydrogen-bond acceptors (Lipinski definition) is 3. The zero-order chi connectivity index (χ0) is 11.8. The third kappa shape index (κ3) is 5.46. The zero-order valence-corrected chi connectivity index (χ0v) is 9.59. The van der Waals surface area contributed by atoms with Gasteiger partial charge in [-0.2, -0.15) is 0 Å². The van der Waals surface area contributed by atoms with Crippen molar-refractivity contribution in [3.63, 3.8) is 0 Å². The summed E-state index contributed by atoms with van der Waals surface area (Å²) in [7, 11) is 0. The predicted molar refractivity (Wildman–Crippen MR) is 62.1 cm³/mol. The highest BCUT2D eigenvalue weighted by Crippen LogP contribution is 2.10. The lowest BCUT2D eigenvalue weighted by molar-refractivity contribution is -0.134. The van der Waals surface area contributed by atoms with Crippen LogP contribution >= 0.6 is 0 Å². The molecule has 4 nitrogen and oxygen atoms in total. The van der Waals surface area contributed by atoms with Crippen molar-refractivity contribution in [3.05, 3.63) is 30.1 Å². The molecule has 1 aliphatic heterocycles. The number of hydrogen-bond donors (Lipinski definition) is 1. The number of nitrogens with zero attached hydrogens (tertiary/aromatic N) is 2. The predicted octanol–water partition coefficient (Wildman–Crippen LogP) is 1.77. The van der Waals surface area contributed by atoms with Crippen LogP contribution < -0.4 is 0 Å². The van der Waals surface area contributed by atoms with E-state index in [2.05, 4.69) is 22.0 Å². The second kappa shape index (κ2) is 6.95. The van der Waals surface area contributed by atoms with Crippen LogP contribution in [0.3, 0.4) is 0 Å². The fourth-order valence-corrected chi connectivity index (χ4v) is 1.66. The largest absolute Gasteiger partial charge is 0.481 e. The second-order valence-corrected chi connectivity index (χ2v) is 3.82. The maximum atomic E-state index is 9.00. The number of carbonyl (C=O) groups is 1. The Hall–Kier alpha value is -1.42. The van der Waals surface area contributed by atoms with Gasteiger partial charge in [-0.3, -0.25) is 14.7 Å². The molecule has 1 fully saturated rings. The van der Waals surface area contributed by atoms with Gasteiger partial charge in [0.1, 0.15) is 0 Å². The normalized spacial score (nSPS) is 15.3. The van der Waals surface area contributed by atoms with Crippen LogP contribution in [0.25, 0.3) is 0 Å². The Kier molecular flexibility index (Phi) is 5.50. The average molecular weight is 222 g/mol. The van der Waals surface area contributed by atoms with Gasteiger partial charge in [-0.15, -0.1) is 0 Å². The van der Waals surface area contributed by atoms with Crippen LogP contribution in [0, 0.1) is 0 Å². The number of pyridine rings is 1. The number of carboxylic acids is 1. The minimum Gasteiger partial charge on any atom is -0.481 e. The Balaban J connectivity index is 0.000000280. The molecule has 0 amide bonds. The molecule has 1 aromatic heterocycles. The van der Waals surface area contributed by atoms with E-state index in [4.69, 9.17) is 9.90 Å². The average Bonchev–Trinajstić information content (AvgIpc) is 2.71. The third-order valence-corrected chi connectivity index (χ3v) is 2.31. The van der Waals surface area contributed by atoms with E-state index in [1.54, 1.807) is 0 Å². The quantitative estimate of drug-likeness (QED) is 0.828. The van der Waals surface area contributed by atoms with Crippen LogP contribution in [0.15, 0.2) is 24.4 Å². The lowest BCUT2D eigenvalue weighted by Crippen LogP contribution is -2.18. The van der Waals surface area contributed by atoms with E-state index in [0.29, 0.717) is 0 Å². The number of likely N-dealkylation sites (tertiary alicyclic amines) is 1. The van der Waals surface area contributed by atoms with Crippen molar-refractivity contribution < 1.29 is 9.90 Å². The van der Waals surface area contributed by atoms with Crippen LogP contribution in [0.2, 0.25) is 0 Å². The molecule has 0 aliphatic carbocycles. The first-order chi connectivity index (χ1) is 7.68. The maximum absolute atomic E-state index is 9.00. The Morgan fingerprint density at radius 1 is 1.44 bits per heavy atom. The van der Waals surface area contributed by atoms with Gasteiger partial charge in [-0.1, -0.05) is 6.07 Å². The van der Waals surface area contributed by atoms with Gasteiger partial charge in [-0.05, 0) is 38.1 Å². The van der Waals surface area contributed by atoms with Crippen molar-refractivity contribution in [1.29, 1.82) is 0 Å². The summed E-state index contributed by atoms with van der Waals surface area (Å²) in [4.78, 5) is 15.8. The minimum absolute atomic E-state index is 0.833. The van der Waals surface area contributed by atoms with Gasteiger partial charge in [0.05, 0.1) is 5.69 Å². The SMILES string of the molecule is CC(=O)O.c1ccc(CN2CCCC2)nc1. The molecule has 88 valence electrons. The third-order valence-electron chi connectivity index (χ3n) is 2.31. The molecule has 0 radical (unpaired) electrons. The Morgan fingerprint density at radius 3 is 2.56 bits per heavy atom. The molecule has 0 unspecified atom stereocenters. The first-order valence-electron chi connectivity index (χ1n) is 5.50. The lowest BCUT2D eigenvalue weighted by Gasteiger charge is -2.12. The van der Waals surface area contributed by atoms with Crippen LogP contribution in [0.1, 0.15) is 25.5 Å². The van der Waals surface area contributed by atoms with Gasteiger partial charge in [-0.25, -0.2) is 0 Å². The Bertz CT molecular complexity index is 304. The smallest absolute Gasteiger partial charge is 0.300 e. The monoisotopic (exact) mass is 222 g/mol. The Morgan fingerprint density at radius 2 is 2.06 bits per heavy atom. The fraction of sp³-hybridized carbons (Fsp3) is 0.500. The standard InChI is InChI=1S/C10H14N2.C2H4O2/c1-2-6-11-10(5-1)9-12-7-3-4-8-12;1-2(3)4/h1-2,5-6H,3-4,7-9H2;1H3,(H,3,4). The summed E-state index contributed by atoms with van der Waals surface area (Å²) in [5.74, 6) is -0.833. The van der Waals surface area contributed by atoms with Crippen LogP contribution in [-0.4, -0.2) is 34.0 Å². The van der Waals surface area contributed by atoms with Gasteiger partial charge in [0, 0.05) is 19.7 Å². The summed E-state index contributed by atoms with van der Waals surface area (Å²) in [5.41, 5.74) is 1.19. The number of rotatable bonds is 2. The highest BCUT2D eigenvalue weighted by Gasteiger charge is 2.11. The molecule has 0 spiro atoms. The molecule has 1 aliphatic rings. The van der Waals surface area contributed by atoms with Crippen LogP contribution in [0.4, 0.5) is 0 Å². The van der Waals surface area contributed by atoms with Gasteiger partial charge in [0.25, 0.3) is 5.97 Å². The van der Waals surface area contributed by atoms with E-state index >= 15 is 0 Å². The number of carboxylic acid groups (broad SMARTS) is 1. The number of aliphatic carboxylic acids is 1. The van der Waals surface area contributed by atoms with Crippen molar-refractivity contribution >= 4 is 5.97 Å². The van der Waals surface area contributed by atoms with Crippen molar-refractivity contribution in [3.8, 4) is 0 Å². The first kappa shape index (κ1) is 12.6. The number of aromatic nitrogens is 1. The van der Waals surface area contributed by atoms with Crippen LogP contribution in [-0.2, 0) is 11.3 Å². The van der Waals surface area contributed by atoms with E-state index in [9.17, 15) is 0 Å². The highest BCUT2D eigenvalue weighted by atomic mass is 16.4. The topological polar surface area (TPSA) is 53.4 Å². The molecule has 0 aromatic carbocycles. The molecular formula is C12H18N2O2. The summed E-state index contributed by atoms with van der Waals surface area (Å²) in [6.45, 7) is 4.61. The van der Waals surface area contributed by atoms with E-state index in [1.807, 2.05) is 12.3 Å². The molecule has 0 atom stereocenters. The molecule has 2 rings (SSSR count). The molecule has 1 saturated heterocycles. The van der Waals surface area contributed by atoms with Gasteiger partial charge in [0.15, 0.2) is 0 Å². The molecule has 16 heavy (non-hydrogen) atoms. The summed E-state index contributed by atoms with van der Waals surface area (Å²) < 4.78 is 0. The van der Waals surface area contributed by atoms with Crippen molar-refractivity contribution in [2.24, 2.45) is 0 Å². The van der Waals surface area contributed by atoms with Crippen molar-refractivity contribution in [2.75, 3.05) is 13.1 Å². The highest BCUT2D eigenvalue weighted by molar-refractivity contribution is 5.62.